The molecule has 6 nitrogen and oxygen atoms in total. The van der Waals surface area contributed by atoms with E-state index in [4.69, 9.17) is 9.84 Å². The molecule has 0 spiro atoms. The zero-order chi connectivity index (χ0) is 15.7. The van der Waals surface area contributed by atoms with Crippen molar-refractivity contribution in [2.24, 2.45) is 0 Å². The van der Waals surface area contributed by atoms with Gasteiger partial charge in [0.25, 0.3) is 0 Å². The lowest BCUT2D eigenvalue weighted by Gasteiger charge is -2.12. The highest BCUT2D eigenvalue weighted by Crippen LogP contribution is 2.28. The average molecular weight is 308 g/mol. The molecular formula is C12H19F3N4O2. The Hall–Kier alpha value is -1.61. The van der Waals surface area contributed by atoms with Crippen molar-refractivity contribution in [3.8, 4) is 0 Å². The largest absolute Gasteiger partial charge is 0.451 e. The first kappa shape index (κ1) is 17.4. The molecule has 0 aliphatic carbocycles. The fourth-order valence-corrected chi connectivity index (χ4v) is 1.43. The van der Waals surface area contributed by atoms with Gasteiger partial charge in [-0.1, -0.05) is 6.92 Å². The van der Waals surface area contributed by atoms with Crippen molar-refractivity contribution in [3.05, 3.63) is 11.9 Å². The van der Waals surface area contributed by atoms with Crippen molar-refractivity contribution in [1.82, 2.24) is 9.97 Å². The van der Waals surface area contributed by atoms with Crippen LogP contribution in [0.1, 0.15) is 19.2 Å². The Morgan fingerprint density at radius 3 is 2.29 bits per heavy atom. The second kappa shape index (κ2) is 8.63. The maximum absolute atomic E-state index is 12.7. The van der Waals surface area contributed by atoms with Crippen LogP contribution < -0.4 is 10.6 Å². The molecule has 0 aliphatic rings. The van der Waals surface area contributed by atoms with Crippen LogP contribution >= 0.6 is 0 Å². The fraction of sp³-hybridized carbons (Fsp3) is 0.667. The molecule has 0 bridgehead atoms. The van der Waals surface area contributed by atoms with Gasteiger partial charge in [0, 0.05) is 19.2 Å². The molecule has 0 aliphatic heterocycles. The molecule has 0 aromatic carbocycles. The van der Waals surface area contributed by atoms with E-state index in [9.17, 15) is 13.2 Å². The van der Waals surface area contributed by atoms with Crippen molar-refractivity contribution in [2.45, 2.75) is 19.5 Å². The minimum absolute atomic E-state index is 0.0727. The van der Waals surface area contributed by atoms with Crippen molar-refractivity contribution < 1.29 is 23.0 Å². The molecule has 0 saturated carbocycles. The molecule has 1 heterocycles. The highest BCUT2D eigenvalue weighted by molar-refractivity contribution is 5.47. The second-order valence-electron chi connectivity index (χ2n) is 4.15. The summed E-state index contributed by atoms with van der Waals surface area (Å²) in [7, 11) is 0. The van der Waals surface area contributed by atoms with Gasteiger partial charge in [-0.05, 0) is 6.42 Å². The number of alkyl halides is 3. The van der Waals surface area contributed by atoms with E-state index >= 15 is 0 Å². The van der Waals surface area contributed by atoms with Crippen LogP contribution in [0.25, 0.3) is 0 Å². The van der Waals surface area contributed by atoms with Crippen LogP contribution in [0.4, 0.5) is 24.8 Å². The minimum atomic E-state index is -4.60. The standard InChI is InChI=1S/C12H19F3N4O2/c1-2-3-16-9-8-10(17-4-6-21-7-5-20)19-11(18-9)12(13,14)15/h8,20H,2-7H2,1H3,(H2,16,17,18,19). The molecule has 3 N–H and O–H groups in total. The summed E-state index contributed by atoms with van der Waals surface area (Å²) >= 11 is 0. The lowest BCUT2D eigenvalue weighted by Crippen LogP contribution is -2.17. The van der Waals surface area contributed by atoms with Crippen molar-refractivity contribution in [3.63, 3.8) is 0 Å². The van der Waals surface area contributed by atoms with Crippen LogP contribution in [0.5, 0.6) is 0 Å². The molecule has 9 heteroatoms. The molecule has 0 amide bonds. The summed E-state index contributed by atoms with van der Waals surface area (Å²) in [5, 5.41) is 14.1. The predicted octanol–water partition coefficient (Wildman–Crippen LogP) is 1.74. The molecule has 0 atom stereocenters. The Morgan fingerprint density at radius 1 is 1.14 bits per heavy atom. The van der Waals surface area contributed by atoms with Gasteiger partial charge in [-0.2, -0.15) is 13.2 Å². The summed E-state index contributed by atoms with van der Waals surface area (Å²) in [5.74, 6) is -0.996. The summed E-state index contributed by atoms with van der Waals surface area (Å²) in [5.41, 5.74) is 0. The Morgan fingerprint density at radius 2 is 1.76 bits per heavy atom. The number of aliphatic hydroxyl groups excluding tert-OH is 1. The summed E-state index contributed by atoms with van der Waals surface area (Å²) in [6.07, 6.45) is -3.84. The van der Waals surface area contributed by atoms with E-state index in [1.54, 1.807) is 0 Å². The number of halogens is 3. The summed E-state index contributed by atoms with van der Waals surface area (Å²) < 4.78 is 43.2. The fourth-order valence-electron chi connectivity index (χ4n) is 1.43. The molecular weight excluding hydrogens is 289 g/mol. The monoisotopic (exact) mass is 308 g/mol. The van der Waals surface area contributed by atoms with E-state index < -0.39 is 12.0 Å². The lowest BCUT2D eigenvalue weighted by molar-refractivity contribution is -0.144. The van der Waals surface area contributed by atoms with E-state index in [-0.39, 0.29) is 38.0 Å². The number of nitrogens with zero attached hydrogens (tertiary/aromatic N) is 2. The molecule has 0 fully saturated rings. The average Bonchev–Trinajstić information content (AvgIpc) is 2.44. The van der Waals surface area contributed by atoms with E-state index in [1.807, 2.05) is 6.92 Å². The van der Waals surface area contributed by atoms with E-state index in [2.05, 4.69) is 20.6 Å². The summed E-state index contributed by atoms with van der Waals surface area (Å²) in [6.45, 7) is 3.04. The first-order valence-corrected chi connectivity index (χ1v) is 6.60. The first-order chi connectivity index (χ1) is 9.97. The molecule has 21 heavy (non-hydrogen) atoms. The highest BCUT2D eigenvalue weighted by atomic mass is 19.4. The number of aromatic nitrogens is 2. The van der Waals surface area contributed by atoms with Crippen LogP contribution in [0.15, 0.2) is 6.07 Å². The number of hydrogen-bond donors (Lipinski definition) is 3. The Bertz CT molecular complexity index is 429. The molecule has 0 radical (unpaired) electrons. The zero-order valence-electron chi connectivity index (χ0n) is 11.7. The maximum atomic E-state index is 12.7. The smallest absolute Gasteiger partial charge is 0.394 e. The van der Waals surface area contributed by atoms with Crippen LogP contribution in [0, 0.1) is 0 Å². The highest BCUT2D eigenvalue weighted by Gasteiger charge is 2.35. The van der Waals surface area contributed by atoms with Crippen LogP contribution in [-0.4, -0.2) is 48.0 Å². The third-order valence-corrected chi connectivity index (χ3v) is 2.32. The first-order valence-electron chi connectivity index (χ1n) is 6.60. The van der Waals surface area contributed by atoms with Crippen LogP contribution in [-0.2, 0) is 10.9 Å². The van der Waals surface area contributed by atoms with Crippen LogP contribution in [0.3, 0.4) is 0 Å². The lowest BCUT2D eigenvalue weighted by atomic mass is 10.4. The van der Waals surface area contributed by atoms with Gasteiger partial charge >= 0.3 is 6.18 Å². The zero-order valence-corrected chi connectivity index (χ0v) is 11.7. The van der Waals surface area contributed by atoms with Gasteiger partial charge < -0.3 is 20.5 Å². The van der Waals surface area contributed by atoms with Crippen molar-refractivity contribution >= 4 is 11.6 Å². The van der Waals surface area contributed by atoms with Crippen molar-refractivity contribution in [2.75, 3.05) is 43.5 Å². The molecule has 0 unspecified atom stereocenters. The Balaban J connectivity index is 2.72. The minimum Gasteiger partial charge on any atom is -0.394 e. The van der Waals surface area contributed by atoms with Gasteiger partial charge in [-0.15, -0.1) is 0 Å². The topological polar surface area (TPSA) is 79.3 Å². The van der Waals surface area contributed by atoms with Gasteiger partial charge in [-0.25, -0.2) is 9.97 Å². The number of nitrogens with one attached hydrogen (secondary N) is 2. The number of aliphatic hydroxyl groups is 1. The number of ether oxygens (including phenoxy) is 1. The Kier molecular flexibility index (Phi) is 7.17. The third-order valence-electron chi connectivity index (χ3n) is 2.32. The molecule has 0 saturated heterocycles. The predicted molar refractivity (Wildman–Crippen MR) is 72.2 cm³/mol. The molecule has 120 valence electrons. The van der Waals surface area contributed by atoms with Gasteiger partial charge in [-0.3, -0.25) is 0 Å². The van der Waals surface area contributed by atoms with Crippen LogP contribution in [0.2, 0.25) is 0 Å². The molecule has 1 aromatic heterocycles. The van der Waals surface area contributed by atoms with Gasteiger partial charge in [0.1, 0.15) is 11.6 Å². The number of rotatable bonds is 9. The Labute approximate surface area is 120 Å². The molecule has 1 rings (SSSR count). The van der Waals surface area contributed by atoms with Crippen molar-refractivity contribution in [1.29, 1.82) is 0 Å². The van der Waals surface area contributed by atoms with E-state index in [1.165, 1.54) is 6.07 Å². The quantitative estimate of drug-likeness (QED) is 0.603. The van der Waals surface area contributed by atoms with E-state index in [0.29, 0.717) is 6.54 Å². The number of hydrogen-bond acceptors (Lipinski definition) is 6. The van der Waals surface area contributed by atoms with Gasteiger partial charge in [0.2, 0.25) is 5.82 Å². The van der Waals surface area contributed by atoms with Gasteiger partial charge in [0.15, 0.2) is 0 Å². The third kappa shape index (κ3) is 6.58. The maximum Gasteiger partial charge on any atom is 0.451 e. The summed E-state index contributed by atoms with van der Waals surface area (Å²) in [4.78, 5) is 6.89. The second-order valence-corrected chi connectivity index (χ2v) is 4.15. The number of anilines is 2. The van der Waals surface area contributed by atoms with Gasteiger partial charge in [0.05, 0.1) is 19.8 Å². The SMILES string of the molecule is CCCNc1cc(NCCOCCO)nc(C(F)(F)F)n1. The van der Waals surface area contributed by atoms with E-state index in [0.717, 1.165) is 6.42 Å². The summed E-state index contributed by atoms with van der Waals surface area (Å²) in [6, 6.07) is 1.41. The normalized spacial score (nSPS) is 11.5. The molecule has 1 aromatic rings.